The van der Waals surface area contributed by atoms with E-state index < -0.39 is 0 Å². The van der Waals surface area contributed by atoms with E-state index in [9.17, 15) is 0 Å². The Balaban J connectivity index is 3.21. The molecule has 0 heterocycles. The van der Waals surface area contributed by atoms with Crippen molar-refractivity contribution in [3.63, 3.8) is 0 Å². The van der Waals surface area contributed by atoms with Gasteiger partial charge in [-0.05, 0) is 6.07 Å². The highest BCUT2D eigenvalue weighted by Gasteiger charge is 2.05. The second kappa shape index (κ2) is 3.77. The average molecular weight is 172 g/mol. The normalized spacial score (nSPS) is 9.00. The Labute approximate surface area is 78.7 Å². The topological polar surface area (TPSA) is 27.0 Å². The van der Waals surface area contributed by atoms with Gasteiger partial charge in [0.2, 0.25) is 0 Å². The van der Waals surface area contributed by atoms with Crippen molar-refractivity contribution in [1.29, 1.82) is 5.26 Å². The van der Waals surface area contributed by atoms with Gasteiger partial charge in [-0.25, -0.2) is 0 Å². The highest BCUT2D eigenvalue weighted by molar-refractivity contribution is 5.82. The predicted octanol–water partition coefficient (Wildman–Crippen LogP) is 2.29. The molecule has 0 N–H and O–H groups in total. The van der Waals surface area contributed by atoms with Crippen molar-refractivity contribution in [3.8, 4) is 6.07 Å². The lowest BCUT2D eigenvalue weighted by atomic mass is 10.1. The summed E-state index contributed by atoms with van der Waals surface area (Å²) >= 11 is 0. The highest BCUT2D eigenvalue weighted by Crippen LogP contribution is 2.23. The number of anilines is 1. The molecule has 2 nitrogen and oxygen atoms in total. The van der Waals surface area contributed by atoms with Crippen molar-refractivity contribution < 1.29 is 0 Å². The summed E-state index contributed by atoms with van der Waals surface area (Å²) in [7, 11) is 3.90. The molecule has 0 atom stereocenters. The predicted molar refractivity (Wildman–Crippen MR) is 55.4 cm³/mol. The molecule has 0 saturated carbocycles. The third kappa shape index (κ3) is 1.88. The van der Waals surface area contributed by atoms with Crippen molar-refractivity contribution in [2.24, 2.45) is 0 Å². The quantitative estimate of drug-likeness (QED) is 0.640. The third-order valence-electron chi connectivity index (χ3n) is 1.85. The Morgan fingerprint density at radius 3 is 2.54 bits per heavy atom. The molecule has 0 aliphatic heterocycles. The molecule has 0 bridgehead atoms. The Kier molecular flexibility index (Phi) is 2.71. The molecule has 0 aromatic heterocycles. The Morgan fingerprint density at radius 2 is 2.00 bits per heavy atom. The largest absolute Gasteiger partial charge is 0.377 e. The van der Waals surface area contributed by atoms with Crippen molar-refractivity contribution in [2.45, 2.75) is 0 Å². The van der Waals surface area contributed by atoms with E-state index >= 15 is 0 Å². The van der Waals surface area contributed by atoms with Crippen molar-refractivity contribution in [2.75, 3.05) is 19.0 Å². The van der Waals surface area contributed by atoms with Crippen LogP contribution < -0.4 is 4.90 Å². The van der Waals surface area contributed by atoms with Gasteiger partial charge in [0.25, 0.3) is 0 Å². The second-order valence-corrected chi connectivity index (χ2v) is 3.00. The minimum absolute atomic E-state index is 0.504. The van der Waals surface area contributed by atoms with Gasteiger partial charge >= 0.3 is 0 Å². The zero-order valence-electron chi connectivity index (χ0n) is 7.91. The van der Waals surface area contributed by atoms with Crippen LogP contribution in [0.3, 0.4) is 0 Å². The van der Waals surface area contributed by atoms with Gasteiger partial charge < -0.3 is 4.90 Å². The number of allylic oxidation sites excluding steroid dienone is 1. The first kappa shape index (κ1) is 9.34. The molecule has 0 unspecified atom stereocenters. The van der Waals surface area contributed by atoms with Crippen molar-refractivity contribution in [1.82, 2.24) is 0 Å². The molecule has 66 valence electrons. The van der Waals surface area contributed by atoms with E-state index in [1.807, 2.05) is 43.3 Å². The molecular weight excluding hydrogens is 160 g/mol. The standard InChI is InChI=1S/C11H12N2/c1-9(8-12)10-6-4-5-7-11(10)13(2)3/h4-7H,1H2,2-3H3. The SMILES string of the molecule is C=C(C#N)c1ccccc1N(C)C. The molecule has 2 heteroatoms. The summed E-state index contributed by atoms with van der Waals surface area (Å²) in [5.41, 5.74) is 2.42. The van der Waals surface area contributed by atoms with Gasteiger partial charge in [0.05, 0.1) is 11.6 Å². The van der Waals surface area contributed by atoms with Crippen LogP contribution in [-0.4, -0.2) is 14.1 Å². The fourth-order valence-electron chi connectivity index (χ4n) is 1.18. The molecule has 0 amide bonds. The van der Waals surface area contributed by atoms with Crippen LogP contribution in [0.15, 0.2) is 30.8 Å². The maximum atomic E-state index is 8.73. The van der Waals surface area contributed by atoms with Gasteiger partial charge in [-0.1, -0.05) is 24.8 Å². The summed E-state index contributed by atoms with van der Waals surface area (Å²) < 4.78 is 0. The molecule has 0 spiro atoms. The van der Waals surface area contributed by atoms with E-state index in [2.05, 4.69) is 12.6 Å². The van der Waals surface area contributed by atoms with Gasteiger partial charge in [-0.15, -0.1) is 0 Å². The van der Waals surface area contributed by atoms with Gasteiger partial charge in [-0.3, -0.25) is 0 Å². The van der Waals surface area contributed by atoms with E-state index in [0.717, 1.165) is 11.3 Å². The molecule has 1 aromatic carbocycles. The van der Waals surface area contributed by atoms with Crippen LogP contribution in [0, 0.1) is 11.3 Å². The maximum absolute atomic E-state index is 8.73. The highest BCUT2D eigenvalue weighted by atomic mass is 15.1. The molecule has 0 radical (unpaired) electrons. The Bertz CT molecular complexity index is 359. The zero-order chi connectivity index (χ0) is 9.84. The van der Waals surface area contributed by atoms with Crippen LogP contribution in [0.25, 0.3) is 5.57 Å². The molecular formula is C11H12N2. The van der Waals surface area contributed by atoms with Gasteiger partial charge in [-0.2, -0.15) is 5.26 Å². The number of hydrogen-bond donors (Lipinski definition) is 0. The number of para-hydroxylation sites is 1. The summed E-state index contributed by atoms with van der Waals surface area (Å²) in [5, 5.41) is 8.73. The van der Waals surface area contributed by atoms with Crippen LogP contribution in [0.1, 0.15) is 5.56 Å². The number of nitriles is 1. The molecule has 13 heavy (non-hydrogen) atoms. The number of nitrogens with zero attached hydrogens (tertiary/aromatic N) is 2. The lowest BCUT2D eigenvalue weighted by Gasteiger charge is -2.16. The Morgan fingerprint density at radius 1 is 1.38 bits per heavy atom. The lowest BCUT2D eigenvalue weighted by molar-refractivity contribution is 1.13. The number of rotatable bonds is 2. The first-order valence-electron chi connectivity index (χ1n) is 4.02. The maximum Gasteiger partial charge on any atom is 0.0992 e. The molecule has 1 aromatic rings. The molecule has 0 saturated heterocycles. The van der Waals surface area contributed by atoms with Gasteiger partial charge in [0, 0.05) is 25.3 Å². The van der Waals surface area contributed by atoms with Crippen LogP contribution in [-0.2, 0) is 0 Å². The van der Waals surface area contributed by atoms with Crippen molar-refractivity contribution >= 4 is 11.3 Å². The summed E-state index contributed by atoms with van der Waals surface area (Å²) in [6, 6.07) is 9.78. The zero-order valence-corrected chi connectivity index (χ0v) is 7.91. The van der Waals surface area contributed by atoms with Crippen LogP contribution >= 0.6 is 0 Å². The minimum atomic E-state index is 0.504. The Hall–Kier alpha value is -1.75. The molecule has 0 fully saturated rings. The van der Waals surface area contributed by atoms with Crippen LogP contribution in [0.4, 0.5) is 5.69 Å². The summed E-state index contributed by atoms with van der Waals surface area (Å²) in [6.45, 7) is 3.70. The first-order chi connectivity index (χ1) is 6.16. The van der Waals surface area contributed by atoms with E-state index in [0.29, 0.717) is 5.57 Å². The molecule has 0 aliphatic carbocycles. The van der Waals surface area contributed by atoms with Gasteiger partial charge in [0.15, 0.2) is 0 Å². The van der Waals surface area contributed by atoms with Gasteiger partial charge in [0.1, 0.15) is 0 Å². The summed E-state index contributed by atoms with van der Waals surface area (Å²) in [6.07, 6.45) is 0. The third-order valence-corrected chi connectivity index (χ3v) is 1.85. The molecule has 1 rings (SSSR count). The van der Waals surface area contributed by atoms with E-state index in [1.165, 1.54) is 0 Å². The molecule has 0 aliphatic rings. The van der Waals surface area contributed by atoms with Crippen LogP contribution in [0.5, 0.6) is 0 Å². The fourth-order valence-corrected chi connectivity index (χ4v) is 1.18. The van der Waals surface area contributed by atoms with E-state index in [-0.39, 0.29) is 0 Å². The van der Waals surface area contributed by atoms with E-state index in [1.54, 1.807) is 0 Å². The van der Waals surface area contributed by atoms with Crippen molar-refractivity contribution in [3.05, 3.63) is 36.4 Å². The monoisotopic (exact) mass is 172 g/mol. The smallest absolute Gasteiger partial charge is 0.0992 e. The minimum Gasteiger partial charge on any atom is -0.377 e. The van der Waals surface area contributed by atoms with E-state index in [4.69, 9.17) is 5.26 Å². The lowest BCUT2D eigenvalue weighted by Crippen LogP contribution is -2.10. The first-order valence-corrected chi connectivity index (χ1v) is 4.02. The average Bonchev–Trinajstić information content (AvgIpc) is 2.16. The van der Waals surface area contributed by atoms with Crippen LogP contribution in [0.2, 0.25) is 0 Å². The number of benzene rings is 1. The fraction of sp³-hybridized carbons (Fsp3) is 0.182. The number of hydrogen-bond acceptors (Lipinski definition) is 2. The second-order valence-electron chi connectivity index (χ2n) is 3.00. The summed E-state index contributed by atoms with van der Waals surface area (Å²) in [4.78, 5) is 1.97. The summed E-state index contributed by atoms with van der Waals surface area (Å²) in [5.74, 6) is 0.